The van der Waals surface area contributed by atoms with Crippen molar-refractivity contribution in [2.75, 3.05) is 18.0 Å². The van der Waals surface area contributed by atoms with E-state index in [0.29, 0.717) is 19.6 Å². The Balaban J connectivity index is 1.38. The van der Waals surface area contributed by atoms with Gasteiger partial charge >= 0.3 is 0 Å². The lowest BCUT2D eigenvalue weighted by Crippen LogP contribution is -2.43. The zero-order valence-corrected chi connectivity index (χ0v) is 17.2. The van der Waals surface area contributed by atoms with Gasteiger partial charge in [0.05, 0.1) is 24.3 Å². The third-order valence-electron chi connectivity index (χ3n) is 5.54. The fourth-order valence-corrected chi connectivity index (χ4v) is 3.88. The number of halogens is 1. The number of amides is 1. The van der Waals surface area contributed by atoms with Crippen LogP contribution in [-0.2, 0) is 17.9 Å². The molecule has 160 valence electrons. The summed E-state index contributed by atoms with van der Waals surface area (Å²) in [5.41, 5.74) is 2.31. The molecule has 3 aromatic rings. The molecule has 1 saturated heterocycles. The monoisotopic (exact) mass is 420 g/mol. The number of aromatic nitrogens is 2. The molecule has 0 radical (unpaired) electrons. The Bertz CT molecular complexity index is 1100. The molecule has 0 aliphatic carbocycles. The Kier molecular flexibility index (Phi) is 6.40. The average molecular weight is 420 g/mol. The van der Waals surface area contributed by atoms with Gasteiger partial charge in [-0.15, -0.1) is 0 Å². The molecule has 1 aliphatic heterocycles. The van der Waals surface area contributed by atoms with Crippen molar-refractivity contribution in [1.29, 1.82) is 0 Å². The van der Waals surface area contributed by atoms with Gasteiger partial charge in [0.25, 0.3) is 5.56 Å². The number of benzene rings is 2. The molecule has 1 unspecified atom stereocenters. The molecular weight excluding hydrogens is 395 g/mol. The maximum atomic E-state index is 13.3. The molecule has 0 spiro atoms. The van der Waals surface area contributed by atoms with Crippen molar-refractivity contribution in [1.82, 2.24) is 15.1 Å². The number of hydrogen-bond donors (Lipinski definition) is 1. The van der Waals surface area contributed by atoms with E-state index >= 15 is 0 Å². The van der Waals surface area contributed by atoms with Crippen molar-refractivity contribution >= 4 is 11.6 Å². The summed E-state index contributed by atoms with van der Waals surface area (Å²) in [5, 5.41) is 7.23. The van der Waals surface area contributed by atoms with E-state index in [-0.39, 0.29) is 23.2 Å². The molecule has 1 aliphatic rings. The Labute approximate surface area is 180 Å². The van der Waals surface area contributed by atoms with E-state index in [9.17, 15) is 14.0 Å². The minimum atomic E-state index is -0.315. The largest absolute Gasteiger partial charge is 0.369 e. The summed E-state index contributed by atoms with van der Waals surface area (Å²) in [5.74, 6) is -0.557. The number of carbonyl (C=O) groups excluding carboxylic acids is 1. The van der Waals surface area contributed by atoms with Crippen LogP contribution in [0.5, 0.6) is 0 Å². The zero-order chi connectivity index (χ0) is 21.6. The molecule has 7 heteroatoms. The summed E-state index contributed by atoms with van der Waals surface area (Å²) in [6, 6.07) is 17.5. The molecule has 1 atom stereocenters. The first-order valence-electron chi connectivity index (χ1n) is 10.5. The highest BCUT2D eigenvalue weighted by molar-refractivity contribution is 5.79. The standard InChI is InChI=1S/C24H25FN4O2/c25-21-10-4-8-19(12-21)14-26-24(31)20-9-5-11-28(17-20)22-13-23(30)29(27-15-22)16-18-6-2-1-3-7-18/h1-4,6-8,10,12-13,15,20H,5,9,11,14,16-17H2,(H,26,31). The normalized spacial score (nSPS) is 16.2. The molecule has 1 amide bonds. The van der Waals surface area contributed by atoms with Crippen LogP contribution in [0, 0.1) is 11.7 Å². The summed E-state index contributed by atoms with van der Waals surface area (Å²) in [6.07, 6.45) is 3.33. The van der Waals surface area contributed by atoms with Crippen molar-refractivity contribution in [2.45, 2.75) is 25.9 Å². The highest BCUT2D eigenvalue weighted by Gasteiger charge is 2.26. The Morgan fingerprint density at radius 1 is 1.10 bits per heavy atom. The molecule has 31 heavy (non-hydrogen) atoms. The lowest BCUT2D eigenvalue weighted by Gasteiger charge is -2.33. The molecular formula is C24H25FN4O2. The third kappa shape index (κ3) is 5.36. The molecule has 0 bridgehead atoms. The number of nitrogens with one attached hydrogen (secondary N) is 1. The van der Waals surface area contributed by atoms with E-state index in [1.807, 2.05) is 35.2 Å². The summed E-state index contributed by atoms with van der Waals surface area (Å²) in [4.78, 5) is 27.2. The second-order valence-electron chi connectivity index (χ2n) is 7.83. The lowest BCUT2D eigenvalue weighted by molar-refractivity contribution is -0.125. The minimum absolute atomic E-state index is 0.0562. The molecule has 1 fully saturated rings. The van der Waals surface area contributed by atoms with Crippen molar-refractivity contribution < 1.29 is 9.18 Å². The zero-order valence-electron chi connectivity index (χ0n) is 17.2. The maximum absolute atomic E-state index is 13.3. The lowest BCUT2D eigenvalue weighted by atomic mass is 9.96. The summed E-state index contributed by atoms with van der Waals surface area (Å²) >= 11 is 0. The van der Waals surface area contributed by atoms with Crippen LogP contribution in [0.2, 0.25) is 0 Å². The SMILES string of the molecule is O=C(NCc1cccc(F)c1)C1CCCN(c2cnn(Cc3ccccc3)c(=O)c2)C1. The van der Waals surface area contributed by atoms with Crippen LogP contribution >= 0.6 is 0 Å². The van der Waals surface area contributed by atoms with Crippen molar-refractivity contribution in [3.05, 3.63) is 94.2 Å². The van der Waals surface area contributed by atoms with Crippen molar-refractivity contribution in [2.24, 2.45) is 5.92 Å². The summed E-state index contributed by atoms with van der Waals surface area (Å²) in [7, 11) is 0. The van der Waals surface area contributed by atoms with Gasteiger partial charge in [-0.3, -0.25) is 9.59 Å². The van der Waals surface area contributed by atoms with Crippen LogP contribution in [0.4, 0.5) is 10.1 Å². The van der Waals surface area contributed by atoms with Gasteiger partial charge in [-0.25, -0.2) is 9.07 Å². The first-order chi connectivity index (χ1) is 15.1. The predicted molar refractivity (Wildman–Crippen MR) is 117 cm³/mol. The molecule has 1 aromatic heterocycles. The highest BCUT2D eigenvalue weighted by Crippen LogP contribution is 2.22. The number of rotatable bonds is 6. The van der Waals surface area contributed by atoms with E-state index in [4.69, 9.17) is 0 Å². The fourth-order valence-electron chi connectivity index (χ4n) is 3.88. The van der Waals surface area contributed by atoms with Gasteiger partial charge in [0.2, 0.25) is 5.91 Å². The van der Waals surface area contributed by atoms with Gasteiger partial charge in [-0.1, -0.05) is 42.5 Å². The number of nitrogens with zero attached hydrogens (tertiary/aromatic N) is 3. The van der Waals surface area contributed by atoms with Crippen molar-refractivity contribution in [3.63, 3.8) is 0 Å². The second-order valence-corrected chi connectivity index (χ2v) is 7.83. The first-order valence-corrected chi connectivity index (χ1v) is 10.5. The number of piperidine rings is 1. The topological polar surface area (TPSA) is 67.2 Å². The molecule has 4 rings (SSSR count). The molecule has 2 heterocycles. The molecule has 2 aromatic carbocycles. The molecule has 1 N–H and O–H groups in total. The Morgan fingerprint density at radius 2 is 1.90 bits per heavy atom. The smallest absolute Gasteiger partial charge is 0.269 e. The van der Waals surface area contributed by atoms with Gasteiger partial charge in [-0.05, 0) is 36.1 Å². The number of anilines is 1. The van der Waals surface area contributed by atoms with Gasteiger partial charge in [0.15, 0.2) is 0 Å². The molecule has 0 saturated carbocycles. The summed E-state index contributed by atoms with van der Waals surface area (Å²) < 4.78 is 14.8. The number of carbonyl (C=O) groups is 1. The van der Waals surface area contributed by atoms with Gasteiger partial charge in [0.1, 0.15) is 5.82 Å². The van der Waals surface area contributed by atoms with Gasteiger partial charge in [-0.2, -0.15) is 5.10 Å². The van der Waals surface area contributed by atoms with Crippen LogP contribution < -0.4 is 15.8 Å². The van der Waals surface area contributed by atoms with Crippen LogP contribution in [0.3, 0.4) is 0 Å². The van der Waals surface area contributed by atoms with Gasteiger partial charge < -0.3 is 10.2 Å². The van der Waals surface area contributed by atoms with Crippen LogP contribution in [-0.4, -0.2) is 28.8 Å². The Hall–Kier alpha value is -3.48. The predicted octanol–water partition coefficient (Wildman–Crippen LogP) is 2.96. The summed E-state index contributed by atoms with van der Waals surface area (Å²) in [6.45, 7) is 2.02. The molecule has 6 nitrogen and oxygen atoms in total. The average Bonchev–Trinajstić information content (AvgIpc) is 2.80. The first kappa shape index (κ1) is 20.8. The highest BCUT2D eigenvalue weighted by atomic mass is 19.1. The van der Waals surface area contributed by atoms with Crippen LogP contribution in [0.15, 0.2) is 71.7 Å². The maximum Gasteiger partial charge on any atom is 0.269 e. The Morgan fingerprint density at radius 3 is 2.68 bits per heavy atom. The second kappa shape index (κ2) is 9.55. The van der Waals surface area contributed by atoms with Gasteiger partial charge in [0, 0.05) is 25.7 Å². The van der Waals surface area contributed by atoms with Crippen LogP contribution in [0.25, 0.3) is 0 Å². The van der Waals surface area contributed by atoms with Crippen LogP contribution in [0.1, 0.15) is 24.0 Å². The van der Waals surface area contributed by atoms with E-state index in [2.05, 4.69) is 10.4 Å². The van der Waals surface area contributed by atoms with E-state index < -0.39 is 0 Å². The third-order valence-corrected chi connectivity index (χ3v) is 5.54. The van der Waals surface area contributed by atoms with E-state index in [1.165, 1.54) is 16.8 Å². The number of hydrogen-bond acceptors (Lipinski definition) is 4. The quantitative estimate of drug-likeness (QED) is 0.666. The van der Waals surface area contributed by atoms with E-state index in [0.717, 1.165) is 36.2 Å². The fraction of sp³-hybridized carbons (Fsp3) is 0.292. The van der Waals surface area contributed by atoms with Crippen molar-refractivity contribution in [3.8, 4) is 0 Å². The minimum Gasteiger partial charge on any atom is -0.369 e. The van der Waals surface area contributed by atoms with E-state index in [1.54, 1.807) is 24.4 Å².